The van der Waals surface area contributed by atoms with Crippen LogP contribution >= 0.6 is 23.6 Å². The van der Waals surface area contributed by atoms with Crippen LogP contribution in [-0.4, -0.2) is 18.3 Å². The van der Waals surface area contributed by atoms with Gasteiger partial charge in [0.2, 0.25) is 0 Å². The first-order valence-electron chi connectivity index (χ1n) is 4.16. The van der Waals surface area contributed by atoms with Crippen LogP contribution < -0.4 is 4.74 Å². The van der Waals surface area contributed by atoms with Crippen molar-refractivity contribution in [2.45, 2.75) is 13.8 Å². The monoisotopic (exact) mass is 216 g/mol. The normalized spacial score (nSPS) is 9.69. The third kappa shape index (κ3) is 2.97. The molecule has 0 atom stereocenters. The number of ether oxygens (including phenoxy) is 2. The average Bonchev–Trinajstić information content (AvgIpc) is 2.54. The van der Waals surface area contributed by atoms with Gasteiger partial charge in [0, 0.05) is 17.0 Å². The Balaban J connectivity index is 2.62. The minimum Gasteiger partial charge on any atom is -0.484 e. The number of rotatable bonds is 4. The molecule has 1 aromatic rings. The van der Waals surface area contributed by atoms with Crippen LogP contribution in [0.15, 0.2) is 11.4 Å². The van der Waals surface area contributed by atoms with E-state index in [2.05, 4.69) is 0 Å². The lowest BCUT2D eigenvalue weighted by Crippen LogP contribution is -2.00. The van der Waals surface area contributed by atoms with Crippen LogP contribution in [0.2, 0.25) is 0 Å². The Labute approximate surface area is 87.5 Å². The molecule has 0 saturated carbocycles. The van der Waals surface area contributed by atoms with Gasteiger partial charge in [0.1, 0.15) is 0 Å². The van der Waals surface area contributed by atoms with Crippen molar-refractivity contribution in [3.63, 3.8) is 0 Å². The van der Waals surface area contributed by atoms with E-state index in [1.807, 2.05) is 25.3 Å². The van der Waals surface area contributed by atoms with Gasteiger partial charge in [-0.25, -0.2) is 0 Å². The Hall–Kier alpha value is -0.610. The Morgan fingerprint density at radius 3 is 2.85 bits per heavy atom. The van der Waals surface area contributed by atoms with E-state index in [1.54, 1.807) is 0 Å². The van der Waals surface area contributed by atoms with E-state index in [-0.39, 0.29) is 0 Å². The molecule has 1 aromatic heterocycles. The summed E-state index contributed by atoms with van der Waals surface area (Å²) in [4.78, 5) is 0. The summed E-state index contributed by atoms with van der Waals surface area (Å²) in [5, 5.41) is 3.38. The van der Waals surface area contributed by atoms with Crippen molar-refractivity contribution in [3.05, 3.63) is 17.0 Å². The van der Waals surface area contributed by atoms with E-state index < -0.39 is 0 Å². The highest BCUT2D eigenvalue weighted by molar-refractivity contribution is 7.80. The molecule has 0 spiro atoms. The molecule has 72 valence electrons. The minimum atomic E-state index is 0.546. The van der Waals surface area contributed by atoms with Crippen LogP contribution in [0, 0.1) is 0 Å². The topological polar surface area (TPSA) is 18.5 Å². The summed E-state index contributed by atoms with van der Waals surface area (Å²) in [5.41, 5.74) is 0.935. The zero-order chi connectivity index (χ0) is 9.68. The molecular weight excluding hydrogens is 204 g/mol. The molecule has 1 rings (SSSR count). The van der Waals surface area contributed by atoms with E-state index in [4.69, 9.17) is 21.7 Å². The van der Waals surface area contributed by atoms with Gasteiger partial charge in [-0.2, -0.15) is 0 Å². The van der Waals surface area contributed by atoms with E-state index in [1.165, 1.54) is 11.3 Å². The van der Waals surface area contributed by atoms with Crippen molar-refractivity contribution >= 4 is 28.6 Å². The summed E-state index contributed by atoms with van der Waals surface area (Å²) in [6.07, 6.45) is 0. The zero-order valence-corrected chi connectivity index (χ0v) is 9.33. The highest BCUT2D eigenvalue weighted by Gasteiger charge is 2.05. The predicted octanol–water partition coefficient (Wildman–Crippen LogP) is 2.86. The van der Waals surface area contributed by atoms with Crippen LogP contribution in [0.4, 0.5) is 0 Å². The molecule has 0 bridgehead atoms. The average molecular weight is 216 g/mol. The summed E-state index contributed by atoms with van der Waals surface area (Å²) in [6, 6.07) is 1.91. The molecule has 0 N–H and O–H groups in total. The molecule has 4 heteroatoms. The van der Waals surface area contributed by atoms with Crippen molar-refractivity contribution in [1.82, 2.24) is 0 Å². The molecule has 0 aliphatic carbocycles. The van der Waals surface area contributed by atoms with E-state index in [9.17, 15) is 0 Å². The molecule has 0 amide bonds. The first-order chi connectivity index (χ1) is 6.27. The summed E-state index contributed by atoms with van der Waals surface area (Å²) in [7, 11) is 0. The standard InChI is InChI=1S/C9H12O2S2/c1-3-10-8-5-7(6-13-8)9(12)11-4-2/h5-6H,3-4H2,1-2H3. The second-order valence-electron chi connectivity index (χ2n) is 2.31. The number of hydrogen-bond acceptors (Lipinski definition) is 4. The fourth-order valence-electron chi connectivity index (χ4n) is 0.856. The number of thiocarbonyl (C=S) groups is 1. The third-order valence-electron chi connectivity index (χ3n) is 1.37. The maximum Gasteiger partial charge on any atom is 0.192 e. The number of hydrogen-bond donors (Lipinski definition) is 0. The summed E-state index contributed by atoms with van der Waals surface area (Å²) >= 11 is 6.58. The van der Waals surface area contributed by atoms with Gasteiger partial charge < -0.3 is 9.47 Å². The van der Waals surface area contributed by atoms with E-state index >= 15 is 0 Å². The Kier molecular flexibility index (Phi) is 4.18. The molecule has 0 aliphatic rings. The second kappa shape index (κ2) is 5.19. The molecule has 0 radical (unpaired) electrons. The van der Waals surface area contributed by atoms with Gasteiger partial charge in [0.05, 0.1) is 13.2 Å². The maximum absolute atomic E-state index is 5.32. The summed E-state index contributed by atoms with van der Waals surface area (Å²) in [5.74, 6) is 0. The molecule has 0 fully saturated rings. The highest BCUT2D eigenvalue weighted by Crippen LogP contribution is 2.23. The van der Waals surface area contributed by atoms with Gasteiger partial charge in [0.25, 0.3) is 0 Å². The van der Waals surface area contributed by atoms with Gasteiger partial charge in [-0.1, -0.05) is 0 Å². The first kappa shape index (κ1) is 10.5. The van der Waals surface area contributed by atoms with Crippen LogP contribution in [0.25, 0.3) is 0 Å². The van der Waals surface area contributed by atoms with Crippen molar-refractivity contribution in [3.8, 4) is 5.06 Å². The molecular formula is C9H12O2S2. The quantitative estimate of drug-likeness (QED) is 0.721. The van der Waals surface area contributed by atoms with Crippen molar-refractivity contribution in [1.29, 1.82) is 0 Å². The van der Waals surface area contributed by atoms with Gasteiger partial charge in [-0.15, -0.1) is 11.3 Å². The molecule has 13 heavy (non-hydrogen) atoms. The molecule has 0 aromatic carbocycles. The molecule has 2 nitrogen and oxygen atoms in total. The maximum atomic E-state index is 5.32. The van der Waals surface area contributed by atoms with Crippen molar-refractivity contribution in [2.75, 3.05) is 13.2 Å². The van der Waals surface area contributed by atoms with Crippen LogP contribution in [0.3, 0.4) is 0 Å². The minimum absolute atomic E-state index is 0.546. The van der Waals surface area contributed by atoms with Gasteiger partial charge in [-0.3, -0.25) is 0 Å². The van der Waals surface area contributed by atoms with Crippen molar-refractivity contribution < 1.29 is 9.47 Å². The Bertz CT molecular complexity index is 281. The Morgan fingerprint density at radius 1 is 1.46 bits per heavy atom. The van der Waals surface area contributed by atoms with Crippen LogP contribution in [0.5, 0.6) is 5.06 Å². The lowest BCUT2D eigenvalue weighted by molar-refractivity contribution is 0.336. The van der Waals surface area contributed by atoms with E-state index in [0.29, 0.717) is 18.3 Å². The predicted molar refractivity (Wildman–Crippen MR) is 58.8 cm³/mol. The van der Waals surface area contributed by atoms with E-state index in [0.717, 1.165) is 10.6 Å². The fourth-order valence-corrected chi connectivity index (χ4v) is 1.97. The molecule has 0 unspecified atom stereocenters. The molecule has 1 heterocycles. The highest BCUT2D eigenvalue weighted by atomic mass is 32.1. The fraction of sp³-hybridized carbons (Fsp3) is 0.444. The summed E-state index contributed by atoms with van der Waals surface area (Å²) < 4.78 is 10.5. The molecule has 0 saturated heterocycles. The Morgan fingerprint density at radius 2 is 2.23 bits per heavy atom. The summed E-state index contributed by atoms with van der Waals surface area (Å²) in [6.45, 7) is 5.17. The lowest BCUT2D eigenvalue weighted by Gasteiger charge is -2.00. The second-order valence-corrected chi connectivity index (χ2v) is 3.55. The van der Waals surface area contributed by atoms with Crippen LogP contribution in [0.1, 0.15) is 19.4 Å². The van der Waals surface area contributed by atoms with Gasteiger partial charge >= 0.3 is 0 Å². The third-order valence-corrected chi connectivity index (χ3v) is 2.57. The van der Waals surface area contributed by atoms with Crippen LogP contribution in [-0.2, 0) is 4.74 Å². The van der Waals surface area contributed by atoms with Gasteiger partial charge in [-0.05, 0) is 26.1 Å². The first-order valence-corrected chi connectivity index (χ1v) is 5.45. The SMILES string of the molecule is CCOC(=S)c1csc(OCC)c1. The van der Waals surface area contributed by atoms with Crippen molar-refractivity contribution in [2.24, 2.45) is 0 Å². The largest absolute Gasteiger partial charge is 0.484 e. The smallest absolute Gasteiger partial charge is 0.192 e. The van der Waals surface area contributed by atoms with Gasteiger partial charge in [0.15, 0.2) is 10.1 Å². The number of thiophene rings is 1. The lowest BCUT2D eigenvalue weighted by atomic mass is 10.4. The molecule has 0 aliphatic heterocycles. The zero-order valence-electron chi connectivity index (χ0n) is 7.70.